The average Bonchev–Trinajstić information content (AvgIpc) is 3.01. The van der Waals surface area contributed by atoms with Crippen LogP contribution < -0.4 is 0 Å². The Hall–Kier alpha value is -3.25. The fourth-order valence-corrected chi connectivity index (χ4v) is 3.00. The van der Waals surface area contributed by atoms with Crippen molar-refractivity contribution in [3.05, 3.63) is 142 Å². The van der Waals surface area contributed by atoms with Gasteiger partial charge in [0.25, 0.3) is 0 Å². The maximum Gasteiger partial charge on any atom is 0.416 e. The third-order valence-electron chi connectivity index (χ3n) is 5.69. The van der Waals surface area contributed by atoms with Crippen molar-refractivity contribution in [2.24, 2.45) is 0 Å². The van der Waals surface area contributed by atoms with Crippen LogP contribution in [0.1, 0.15) is 81.2 Å². The SMILES string of the molecule is CCC(F)(F)F.CCCCC.CCc1ccccc1.Cc1ccc(C(F)(F)F)cc1.Cc1ccc(Cl)cc1.Cc1ccccc1. The molecule has 4 rings (SSSR count). The van der Waals surface area contributed by atoms with Crippen LogP contribution in [0.15, 0.2) is 109 Å². The molecule has 0 atom stereocenters. The minimum Gasteiger partial charge on any atom is -0.171 e. The molecule has 0 N–H and O–H groups in total. The average molecular weight is 655 g/mol. The van der Waals surface area contributed by atoms with Crippen LogP contribution in [0.3, 0.4) is 0 Å². The molecule has 4 aromatic rings. The Kier molecular flexibility index (Phi) is 25.4. The summed E-state index contributed by atoms with van der Waals surface area (Å²) in [7, 11) is 0. The van der Waals surface area contributed by atoms with Gasteiger partial charge in [0.05, 0.1) is 5.56 Å². The molecule has 4 aromatic carbocycles. The van der Waals surface area contributed by atoms with Gasteiger partial charge >= 0.3 is 12.4 Å². The van der Waals surface area contributed by atoms with Gasteiger partial charge in [-0.05, 0) is 57.0 Å². The number of aryl methyl sites for hydroxylation is 4. The van der Waals surface area contributed by atoms with E-state index in [1.165, 1.54) is 48.1 Å². The quantitative estimate of drug-likeness (QED) is 0.193. The molecule has 0 bridgehead atoms. The first kappa shape index (κ1) is 43.9. The molecular formula is C38H49ClF6. The van der Waals surface area contributed by atoms with Crippen LogP contribution >= 0.6 is 11.6 Å². The second-order valence-electron chi connectivity index (χ2n) is 9.98. The zero-order valence-corrected chi connectivity index (χ0v) is 28.3. The number of alkyl halides is 6. The highest BCUT2D eigenvalue weighted by Crippen LogP contribution is 2.28. The summed E-state index contributed by atoms with van der Waals surface area (Å²) < 4.78 is 68.1. The van der Waals surface area contributed by atoms with Crippen molar-refractivity contribution in [2.75, 3.05) is 0 Å². The van der Waals surface area contributed by atoms with E-state index in [4.69, 9.17) is 11.6 Å². The fraction of sp³-hybridized carbons (Fsp3) is 0.368. The minimum absolute atomic E-state index is 0.594. The molecule has 0 saturated heterocycles. The highest BCUT2D eigenvalue weighted by Gasteiger charge is 2.29. The molecule has 0 fully saturated rings. The van der Waals surface area contributed by atoms with Gasteiger partial charge in [-0.1, -0.05) is 160 Å². The molecule has 0 aromatic heterocycles. The Labute approximate surface area is 272 Å². The molecule has 7 heteroatoms. The number of benzene rings is 4. The van der Waals surface area contributed by atoms with Crippen molar-refractivity contribution in [3.8, 4) is 0 Å². The molecule has 0 aliphatic rings. The lowest BCUT2D eigenvalue weighted by Gasteiger charge is -2.05. The van der Waals surface area contributed by atoms with E-state index in [-0.39, 0.29) is 0 Å². The Morgan fingerprint density at radius 3 is 1.09 bits per heavy atom. The highest BCUT2D eigenvalue weighted by atomic mass is 35.5. The lowest BCUT2D eigenvalue weighted by atomic mass is 10.1. The first-order valence-electron chi connectivity index (χ1n) is 15.1. The number of halogens is 7. The molecule has 250 valence electrons. The first-order valence-corrected chi connectivity index (χ1v) is 15.5. The van der Waals surface area contributed by atoms with E-state index in [9.17, 15) is 26.3 Å². The van der Waals surface area contributed by atoms with Crippen LogP contribution in [0.5, 0.6) is 0 Å². The lowest BCUT2D eigenvalue weighted by Crippen LogP contribution is -2.03. The molecule has 0 nitrogen and oxygen atoms in total. The second kappa shape index (κ2) is 26.0. The van der Waals surface area contributed by atoms with Gasteiger partial charge in [0.15, 0.2) is 0 Å². The van der Waals surface area contributed by atoms with Crippen molar-refractivity contribution in [1.29, 1.82) is 0 Å². The van der Waals surface area contributed by atoms with E-state index in [0.29, 0.717) is 0 Å². The van der Waals surface area contributed by atoms with E-state index in [0.717, 1.165) is 36.1 Å². The summed E-state index contributed by atoms with van der Waals surface area (Å²) in [4.78, 5) is 0. The van der Waals surface area contributed by atoms with Gasteiger partial charge in [-0.15, -0.1) is 0 Å². The molecule has 0 saturated carbocycles. The van der Waals surface area contributed by atoms with Gasteiger partial charge in [-0.25, -0.2) is 0 Å². The molecule has 0 amide bonds. The largest absolute Gasteiger partial charge is 0.416 e. The zero-order chi connectivity index (χ0) is 34.7. The standard InChI is InChI=1S/C8H7F3.C8H10.C7H7Cl.C7H8.C5H12.C3H5F3/c1-6-2-4-7(5-3-6)8(9,10)11;1-2-8-6-4-3-5-7-8;1-6-2-4-7(8)5-3-6;1-7-5-3-2-4-6-7;1-3-5-4-2;1-2-3(4,5)6/h2-5H,1H3;3-7H,2H2,1H3;2-5H,1H3;2-6H,1H3;3-5H2,1-2H3;2H2,1H3. The van der Waals surface area contributed by atoms with Crippen LogP contribution in [-0.4, -0.2) is 6.18 Å². The smallest absolute Gasteiger partial charge is 0.171 e. The molecule has 45 heavy (non-hydrogen) atoms. The summed E-state index contributed by atoms with van der Waals surface area (Å²) in [5.74, 6) is 0. The molecule has 0 aliphatic heterocycles. The van der Waals surface area contributed by atoms with Gasteiger partial charge in [-0.3, -0.25) is 0 Å². The van der Waals surface area contributed by atoms with E-state index in [2.05, 4.69) is 64.1 Å². The minimum atomic E-state index is -4.21. The zero-order valence-electron chi connectivity index (χ0n) is 27.6. The monoisotopic (exact) mass is 654 g/mol. The summed E-state index contributed by atoms with van der Waals surface area (Å²) in [5, 5.41) is 0.801. The molecular weight excluding hydrogens is 606 g/mol. The molecule has 0 heterocycles. The van der Waals surface area contributed by atoms with Crippen molar-refractivity contribution in [2.45, 2.75) is 92.9 Å². The van der Waals surface area contributed by atoms with E-state index in [1.807, 2.05) is 55.5 Å². The topological polar surface area (TPSA) is 0 Å². The predicted octanol–water partition coefficient (Wildman–Crippen LogP) is 14.1. The van der Waals surface area contributed by atoms with Crippen molar-refractivity contribution >= 4 is 11.6 Å². The number of hydrogen-bond acceptors (Lipinski definition) is 0. The number of rotatable bonds is 3. The van der Waals surface area contributed by atoms with Crippen LogP contribution in [0.25, 0.3) is 0 Å². The van der Waals surface area contributed by atoms with Gasteiger partial charge in [0, 0.05) is 11.4 Å². The third kappa shape index (κ3) is 29.2. The van der Waals surface area contributed by atoms with Crippen LogP contribution in [0, 0.1) is 20.8 Å². The van der Waals surface area contributed by atoms with Crippen LogP contribution in [-0.2, 0) is 12.6 Å². The first-order chi connectivity index (χ1) is 21.1. The Morgan fingerprint density at radius 1 is 0.511 bits per heavy atom. The summed E-state index contributed by atoms with van der Waals surface area (Å²) in [5.41, 5.74) is 4.21. The summed E-state index contributed by atoms with van der Waals surface area (Å²) >= 11 is 5.61. The van der Waals surface area contributed by atoms with Crippen LogP contribution in [0.4, 0.5) is 26.3 Å². The summed E-state index contributed by atoms with van der Waals surface area (Å²) in [6.45, 7) is 13.5. The van der Waals surface area contributed by atoms with Crippen LogP contribution in [0.2, 0.25) is 5.02 Å². The third-order valence-corrected chi connectivity index (χ3v) is 5.94. The van der Waals surface area contributed by atoms with E-state index < -0.39 is 24.3 Å². The molecule has 0 aliphatic carbocycles. The van der Waals surface area contributed by atoms with Gasteiger partial charge in [-0.2, -0.15) is 26.3 Å². The fourth-order valence-electron chi connectivity index (χ4n) is 2.88. The lowest BCUT2D eigenvalue weighted by molar-refractivity contribution is -0.137. The second-order valence-corrected chi connectivity index (χ2v) is 10.4. The van der Waals surface area contributed by atoms with Crippen molar-refractivity contribution < 1.29 is 26.3 Å². The predicted molar refractivity (Wildman–Crippen MR) is 181 cm³/mol. The Morgan fingerprint density at radius 2 is 0.867 bits per heavy atom. The van der Waals surface area contributed by atoms with Gasteiger partial charge in [0.1, 0.15) is 0 Å². The summed E-state index contributed by atoms with van der Waals surface area (Å²) in [6, 6.07) is 33.5. The van der Waals surface area contributed by atoms with Crippen molar-refractivity contribution in [3.63, 3.8) is 0 Å². The Balaban J connectivity index is 0. The molecule has 0 radical (unpaired) electrons. The number of hydrogen-bond donors (Lipinski definition) is 0. The molecule has 0 unspecified atom stereocenters. The summed E-state index contributed by atoms with van der Waals surface area (Å²) in [6.07, 6.45) is -3.69. The van der Waals surface area contributed by atoms with E-state index >= 15 is 0 Å². The maximum absolute atomic E-state index is 11.9. The number of unbranched alkanes of at least 4 members (excludes halogenated alkanes) is 2. The van der Waals surface area contributed by atoms with E-state index in [1.54, 1.807) is 6.92 Å². The van der Waals surface area contributed by atoms with Crippen molar-refractivity contribution in [1.82, 2.24) is 0 Å². The van der Waals surface area contributed by atoms with Gasteiger partial charge in [0.2, 0.25) is 0 Å². The highest BCUT2D eigenvalue weighted by molar-refractivity contribution is 6.30. The Bertz CT molecular complexity index is 1160. The molecule has 0 spiro atoms. The maximum atomic E-state index is 11.9. The normalized spacial score (nSPS) is 10.0. The van der Waals surface area contributed by atoms with Gasteiger partial charge < -0.3 is 0 Å².